The Bertz CT molecular complexity index is 842. The van der Waals surface area contributed by atoms with E-state index in [2.05, 4.69) is 29.6 Å². The molecule has 3 heteroatoms. The minimum absolute atomic E-state index is 0.0000152. The first kappa shape index (κ1) is 16.2. The lowest BCUT2D eigenvalue weighted by Crippen LogP contribution is -2.26. The Labute approximate surface area is 141 Å². The zero-order chi connectivity index (χ0) is 16.9. The molecule has 122 valence electrons. The van der Waals surface area contributed by atoms with Crippen molar-refractivity contribution < 1.29 is 9.18 Å². The minimum atomic E-state index is -0.256. The van der Waals surface area contributed by atoms with Gasteiger partial charge < -0.3 is 5.32 Å². The van der Waals surface area contributed by atoms with Gasteiger partial charge in [0.25, 0.3) is 0 Å². The summed E-state index contributed by atoms with van der Waals surface area (Å²) in [5, 5.41) is 5.39. The normalized spacial score (nSPS) is 12.1. The molecule has 3 rings (SSSR count). The van der Waals surface area contributed by atoms with Crippen molar-refractivity contribution in [3.63, 3.8) is 0 Å². The fraction of sp³-hybridized carbons (Fsp3) is 0.190. The van der Waals surface area contributed by atoms with E-state index in [-0.39, 0.29) is 17.8 Å². The van der Waals surface area contributed by atoms with Gasteiger partial charge in [0.2, 0.25) is 5.91 Å². The van der Waals surface area contributed by atoms with Gasteiger partial charge in [0.05, 0.1) is 6.04 Å². The molecule has 0 fully saturated rings. The summed E-state index contributed by atoms with van der Waals surface area (Å²) in [6.07, 6.45) is 1.00. The average molecular weight is 321 g/mol. The smallest absolute Gasteiger partial charge is 0.220 e. The first-order valence-electron chi connectivity index (χ1n) is 8.14. The monoisotopic (exact) mass is 321 g/mol. The average Bonchev–Trinajstić information content (AvgIpc) is 2.61. The molecule has 3 aromatic carbocycles. The van der Waals surface area contributed by atoms with Crippen molar-refractivity contribution in [2.45, 2.75) is 25.8 Å². The van der Waals surface area contributed by atoms with Gasteiger partial charge in [-0.3, -0.25) is 4.79 Å². The number of nitrogens with one attached hydrogen (secondary N) is 1. The van der Waals surface area contributed by atoms with Crippen LogP contribution in [-0.2, 0) is 11.2 Å². The molecule has 2 nitrogen and oxygen atoms in total. The summed E-state index contributed by atoms with van der Waals surface area (Å²) in [7, 11) is 0. The maximum atomic E-state index is 12.9. The molecule has 0 spiro atoms. The molecule has 3 aromatic rings. The van der Waals surface area contributed by atoms with Crippen molar-refractivity contribution in [1.29, 1.82) is 0 Å². The third-order valence-corrected chi connectivity index (χ3v) is 4.21. The van der Waals surface area contributed by atoms with Crippen LogP contribution in [0.5, 0.6) is 0 Å². The van der Waals surface area contributed by atoms with Crippen LogP contribution in [0, 0.1) is 5.82 Å². The van der Waals surface area contributed by atoms with Crippen LogP contribution >= 0.6 is 0 Å². The van der Waals surface area contributed by atoms with Gasteiger partial charge in [0.1, 0.15) is 5.82 Å². The maximum Gasteiger partial charge on any atom is 0.220 e. The highest BCUT2D eigenvalue weighted by atomic mass is 19.1. The van der Waals surface area contributed by atoms with Crippen LogP contribution in [0.2, 0.25) is 0 Å². The number of carbonyl (C=O) groups excluding carboxylic acids is 1. The first-order valence-corrected chi connectivity index (χ1v) is 8.14. The second-order valence-corrected chi connectivity index (χ2v) is 6.02. The van der Waals surface area contributed by atoms with E-state index < -0.39 is 0 Å². The Kier molecular flexibility index (Phi) is 4.90. The van der Waals surface area contributed by atoms with Gasteiger partial charge in [-0.1, -0.05) is 48.5 Å². The lowest BCUT2D eigenvalue weighted by Gasteiger charge is -2.15. The van der Waals surface area contributed by atoms with Crippen molar-refractivity contribution in [1.82, 2.24) is 5.32 Å². The van der Waals surface area contributed by atoms with E-state index in [1.165, 1.54) is 22.9 Å². The van der Waals surface area contributed by atoms with Crippen LogP contribution < -0.4 is 5.32 Å². The SMILES string of the molecule is CC(NC(=O)CCc1ccc(F)cc1)c1ccc2ccccc2c1. The lowest BCUT2D eigenvalue weighted by atomic mass is 10.0. The van der Waals surface area contributed by atoms with Crippen molar-refractivity contribution >= 4 is 16.7 Å². The van der Waals surface area contributed by atoms with E-state index in [0.717, 1.165) is 11.1 Å². The number of hydrogen-bond donors (Lipinski definition) is 1. The van der Waals surface area contributed by atoms with Gasteiger partial charge >= 0.3 is 0 Å². The van der Waals surface area contributed by atoms with Gasteiger partial charge in [0, 0.05) is 6.42 Å². The zero-order valence-corrected chi connectivity index (χ0v) is 13.6. The molecular formula is C21H20FNO. The van der Waals surface area contributed by atoms with Crippen molar-refractivity contribution in [3.05, 3.63) is 83.7 Å². The van der Waals surface area contributed by atoms with E-state index in [1.807, 2.05) is 25.1 Å². The van der Waals surface area contributed by atoms with E-state index in [1.54, 1.807) is 12.1 Å². The number of benzene rings is 3. The predicted octanol–water partition coefficient (Wildman–Crippen LogP) is 4.79. The number of halogens is 1. The number of fused-ring (bicyclic) bond motifs is 1. The van der Waals surface area contributed by atoms with Crippen LogP contribution in [0.25, 0.3) is 10.8 Å². The van der Waals surface area contributed by atoms with E-state index in [0.29, 0.717) is 12.8 Å². The van der Waals surface area contributed by atoms with Gasteiger partial charge in [-0.05, 0) is 53.4 Å². The molecule has 0 radical (unpaired) electrons. The van der Waals surface area contributed by atoms with Gasteiger partial charge in [-0.25, -0.2) is 4.39 Å². The van der Waals surface area contributed by atoms with Gasteiger partial charge in [-0.2, -0.15) is 0 Å². The Morgan fingerprint density at radius 1 is 1.00 bits per heavy atom. The predicted molar refractivity (Wildman–Crippen MR) is 95.2 cm³/mol. The highest BCUT2D eigenvalue weighted by Gasteiger charge is 2.10. The highest BCUT2D eigenvalue weighted by molar-refractivity contribution is 5.83. The fourth-order valence-electron chi connectivity index (χ4n) is 2.78. The summed E-state index contributed by atoms with van der Waals surface area (Å²) in [5.74, 6) is -0.256. The fourth-order valence-corrected chi connectivity index (χ4v) is 2.78. The van der Waals surface area contributed by atoms with Crippen molar-refractivity contribution in [2.75, 3.05) is 0 Å². The Morgan fingerprint density at radius 3 is 2.46 bits per heavy atom. The summed E-state index contributed by atoms with van der Waals surface area (Å²) in [6.45, 7) is 1.99. The topological polar surface area (TPSA) is 29.1 Å². The summed E-state index contributed by atoms with van der Waals surface area (Å²) in [5.41, 5.74) is 2.05. The van der Waals surface area contributed by atoms with Crippen LogP contribution in [0.15, 0.2) is 66.7 Å². The lowest BCUT2D eigenvalue weighted by molar-refractivity contribution is -0.121. The highest BCUT2D eigenvalue weighted by Crippen LogP contribution is 2.20. The quantitative estimate of drug-likeness (QED) is 0.719. The molecule has 0 aliphatic rings. The zero-order valence-electron chi connectivity index (χ0n) is 13.6. The van der Waals surface area contributed by atoms with Gasteiger partial charge in [0.15, 0.2) is 0 Å². The first-order chi connectivity index (χ1) is 11.6. The second-order valence-electron chi connectivity index (χ2n) is 6.02. The Morgan fingerprint density at radius 2 is 1.71 bits per heavy atom. The molecule has 1 amide bonds. The van der Waals surface area contributed by atoms with Crippen LogP contribution in [0.4, 0.5) is 4.39 Å². The summed E-state index contributed by atoms with van der Waals surface area (Å²) in [6, 6.07) is 20.6. The largest absolute Gasteiger partial charge is 0.350 e. The van der Waals surface area contributed by atoms with Crippen LogP contribution in [0.3, 0.4) is 0 Å². The molecule has 1 unspecified atom stereocenters. The van der Waals surface area contributed by atoms with Crippen LogP contribution in [0.1, 0.15) is 30.5 Å². The number of carbonyl (C=O) groups is 1. The molecule has 0 saturated carbocycles. The maximum absolute atomic E-state index is 12.9. The summed E-state index contributed by atoms with van der Waals surface area (Å²) in [4.78, 5) is 12.1. The molecule has 0 aliphatic carbocycles. The van der Waals surface area contributed by atoms with Crippen molar-refractivity contribution in [3.8, 4) is 0 Å². The Balaban J connectivity index is 1.59. The van der Waals surface area contributed by atoms with E-state index in [4.69, 9.17) is 0 Å². The van der Waals surface area contributed by atoms with E-state index in [9.17, 15) is 9.18 Å². The molecule has 1 N–H and O–H groups in total. The number of amides is 1. The molecule has 1 atom stereocenters. The molecule has 24 heavy (non-hydrogen) atoms. The number of aryl methyl sites for hydroxylation is 1. The molecule has 0 aliphatic heterocycles. The summed E-state index contributed by atoms with van der Waals surface area (Å²) >= 11 is 0. The third kappa shape index (κ3) is 3.99. The van der Waals surface area contributed by atoms with Crippen LogP contribution in [-0.4, -0.2) is 5.91 Å². The van der Waals surface area contributed by atoms with Gasteiger partial charge in [-0.15, -0.1) is 0 Å². The number of hydrogen-bond acceptors (Lipinski definition) is 1. The molecule has 0 heterocycles. The standard InChI is InChI=1S/C21H20FNO/c1-15(18-10-9-17-4-2-3-5-19(17)14-18)23-21(24)13-8-16-6-11-20(22)12-7-16/h2-7,9-12,14-15H,8,13H2,1H3,(H,23,24). The number of rotatable bonds is 5. The van der Waals surface area contributed by atoms with Crippen molar-refractivity contribution in [2.24, 2.45) is 0 Å². The molecule has 0 bridgehead atoms. The molecule has 0 aromatic heterocycles. The minimum Gasteiger partial charge on any atom is -0.350 e. The van der Waals surface area contributed by atoms with E-state index >= 15 is 0 Å². The third-order valence-electron chi connectivity index (χ3n) is 4.21. The molecule has 0 saturated heterocycles. The molecular weight excluding hydrogens is 301 g/mol. The summed E-state index contributed by atoms with van der Waals surface area (Å²) < 4.78 is 12.9. The Hall–Kier alpha value is -2.68. The second kappa shape index (κ2) is 7.26.